The number of amides is 2. The van der Waals surface area contributed by atoms with E-state index >= 15 is 0 Å². The topological polar surface area (TPSA) is 210 Å². The second kappa shape index (κ2) is 15.6. The standard InChI is InChI=1S/C40H58N6O9/c1-22(26-8-9-27-35-28(14-16-40(26,27)3)39(2)15-13-25(47)18-23(39)19-32(35)48)7-12-34(50)45-21-24(20-31(45)38(51)54-4)42-33(49)6-5-17-41-29-10-11-30(46(52)53)37-36(29)43-55-44-37/h10-11,22-28,31-32,35,41,47-48H,5-9,12-21H2,1-4H3,(H,42,49)/t22-,23?,24+,25-,26-,27?,28?,31+,32+,35?,39+,40-/m1/s1. The molecule has 1 aromatic carbocycles. The number of methoxy groups -OCH3 is 1. The van der Waals surface area contributed by atoms with E-state index in [0.717, 1.165) is 51.4 Å². The summed E-state index contributed by atoms with van der Waals surface area (Å²) in [7, 11) is 1.31. The molecule has 15 heteroatoms. The van der Waals surface area contributed by atoms with Crippen LogP contribution < -0.4 is 10.6 Å². The molecule has 15 nitrogen and oxygen atoms in total. The Morgan fingerprint density at radius 3 is 2.55 bits per heavy atom. The maximum atomic E-state index is 13.8. The number of ether oxygens (including phenoxy) is 1. The molecule has 55 heavy (non-hydrogen) atoms. The number of nitro groups is 1. The quantitative estimate of drug-likeness (QED) is 0.0975. The number of rotatable bonds is 12. The predicted molar refractivity (Wildman–Crippen MR) is 201 cm³/mol. The minimum Gasteiger partial charge on any atom is -0.467 e. The highest BCUT2D eigenvalue weighted by molar-refractivity contribution is 5.93. The number of hydrogen-bond acceptors (Lipinski definition) is 12. The zero-order valence-electron chi connectivity index (χ0n) is 32.6. The van der Waals surface area contributed by atoms with Gasteiger partial charge in [0.2, 0.25) is 17.3 Å². The van der Waals surface area contributed by atoms with Crippen molar-refractivity contribution < 1.29 is 38.9 Å². The third-order valence-electron chi connectivity index (χ3n) is 15.2. The summed E-state index contributed by atoms with van der Waals surface area (Å²) in [5, 5.41) is 46.8. The number of anilines is 1. The molecule has 4 aliphatic carbocycles. The average Bonchev–Trinajstić information content (AvgIpc) is 3.90. The number of non-ortho nitro benzene ring substituents is 1. The molecule has 1 aliphatic heterocycles. The Morgan fingerprint density at radius 2 is 1.78 bits per heavy atom. The molecule has 0 spiro atoms. The number of esters is 1. The van der Waals surface area contributed by atoms with Crippen LogP contribution in [0.4, 0.5) is 11.4 Å². The number of benzene rings is 1. The summed E-state index contributed by atoms with van der Waals surface area (Å²) in [6, 6.07) is 1.70. The van der Waals surface area contributed by atoms with Gasteiger partial charge in [0.05, 0.1) is 29.9 Å². The zero-order valence-corrected chi connectivity index (χ0v) is 32.6. The summed E-state index contributed by atoms with van der Waals surface area (Å²) < 4.78 is 9.77. The highest BCUT2D eigenvalue weighted by atomic mass is 16.6. The van der Waals surface area contributed by atoms with Gasteiger partial charge >= 0.3 is 11.7 Å². The van der Waals surface area contributed by atoms with Crippen LogP contribution in [0.15, 0.2) is 16.8 Å². The van der Waals surface area contributed by atoms with Gasteiger partial charge in [-0.3, -0.25) is 19.7 Å². The summed E-state index contributed by atoms with van der Waals surface area (Å²) in [6.45, 7) is 7.76. The SMILES string of the molecule is COC(=O)[C@@H]1C[C@H](NC(=O)CCCNc2ccc([N+](=O)[O-])c3nonc23)CN1C(=O)CC[C@@H](C)[C@H]1CCC2C3C(CC[C@@]21C)[C@@]1(C)CC[C@@H](O)CC1C[C@@H]3O. The number of aromatic nitrogens is 2. The smallest absolute Gasteiger partial charge is 0.328 e. The number of hydrogen-bond donors (Lipinski definition) is 4. The second-order valence-electron chi connectivity index (χ2n) is 17.9. The molecular weight excluding hydrogens is 708 g/mol. The molecular formula is C40H58N6O9. The van der Waals surface area contributed by atoms with Crippen molar-refractivity contribution in [3.63, 3.8) is 0 Å². The molecule has 1 saturated heterocycles. The monoisotopic (exact) mass is 766 g/mol. The molecule has 5 fully saturated rings. The fourth-order valence-corrected chi connectivity index (χ4v) is 12.4. The van der Waals surface area contributed by atoms with Gasteiger partial charge in [0.1, 0.15) is 6.04 Å². The Balaban J connectivity index is 0.904. The highest BCUT2D eigenvalue weighted by Gasteiger charge is 2.63. The third-order valence-corrected chi connectivity index (χ3v) is 15.2. The Hall–Kier alpha value is -3.85. The first kappa shape index (κ1) is 39.4. The molecule has 2 aromatic rings. The number of likely N-dealkylation sites (tertiary alicyclic amines) is 1. The molecule has 5 aliphatic rings. The number of aliphatic hydroxyl groups is 2. The largest absolute Gasteiger partial charge is 0.467 e. The van der Waals surface area contributed by atoms with Crippen LogP contribution in [-0.2, 0) is 19.1 Å². The van der Waals surface area contributed by atoms with E-state index in [9.17, 15) is 34.7 Å². The van der Waals surface area contributed by atoms with Crippen LogP contribution in [-0.4, -0.2) is 92.6 Å². The number of nitrogens with one attached hydrogen (secondary N) is 2. The maximum Gasteiger partial charge on any atom is 0.328 e. The number of aliphatic hydroxyl groups excluding tert-OH is 2. The Morgan fingerprint density at radius 1 is 1.04 bits per heavy atom. The van der Waals surface area contributed by atoms with E-state index in [1.807, 2.05) is 0 Å². The van der Waals surface area contributed by atoms with Crippen molar-refractivity contribution in [1.82, 2.24) is 20.5 Å². The van der Waals surface area contributed by atoms with Crippen LogP contribution in [0, 0.1) is 56.5 Å². The van der Waals surface area contributed by atoms with Gasteiger partial charge in [0.15, 0.2) is 5.52 Å². The molecule has 4 N–H and O–H groups in total. The van der Waals surface area contributed by atoms with Crippen molar-refractivity contribution in [2.75, 3.05) is 25.5 Å². The maximum absolute atomic E-state index is 13.8. The van der Waals surface area contributed by atoms with Gasteiger partial charge in [-0.2, -0.15) is 0 Å². The number of carbonyl (C=O) groups is 3. The van der Waals surface area contributed by atoms with Crippen LogP contribution in [0.1, 0.15) is 104 Å². The molecule has 302 valence electrons. The molecule has 4 unspecified atom stereocenters. The average molecular weight is 767 g/mol. The summed E-state index contributed by atoms with van der Waals surface area (Å²) in [4.78, 5) is 51.8. The first-order valence-corrected chi connectivity index (χ1v) is 20.4. The summed E-state index contributed by atoms with van der Waals surface area (Å²) >= 11 is 0. The van der Waals surface area contributed by atoms with Crippen LogP contribution in [0.25, 0.3) is 11.0 Å². The normalized spacial score (nSPS) is 36.0. The van der Waals surface area contributed by atoms with Crippen molar-refractivity contribution >= 4 is 40.2 Å². The van der Waals surface area contributed by atoms with Gasteiger partial charge in [0, 0.05) is 44.5 Å². The lowest BCUT2D eigenvalue weighted by Gasteiger charge is -2.62. The van der Waals surface area contributed by atoms with Gasteiger partial charge in [-0.15, -0.1) is 0 Å². The minimum absolute atomic E-state index is 0.0429. The number of carbonyl (C=O) groups excluding carboxylic acids is 3. The summed E-state index contributed by atoms with van der Waals surface area (Å²) in [5.74, 6) is 1.58. The van der Waals surface area contributed by atoms with Crippen molar-refractivity contribution in [3.8, 4) is 0 Å². The fourth-order valence-electron chi connectivity index (χ4n) is 12.4. The Labute approximate surface area is 321 Å². The third kappa shape index (κ3) is 7.31. The number of nitrogens with zero attached hydrogens (tertiary/aromatic N) is 4. The van der Waals surface area contributed by atoms with Gasteiger partial charge in [-0.1, -0.05) is 20.8 Å². The van der Waals surface area contributed by atoms with E-state index in [4.69, 9.17) is 9.37 Å². The molecule has 0 bridgehead atoms. The first-order chi connectivity index (χ1) is 26.2. The Kier molecular flexibility index (Phi) is 11.2. The van der Waals surface area contributed by atoms with Crippen molar-refractivity contribution in [2.45, 2.75) is 129 Å². The van der Waals surface area contributed by atoms with E-state index in [1.165, 1.54) is 19.2 Å². The van der Waals surface area contributed by atoms with Crippen molar-refractivity contribution in [1.29, 1.82) is 0 Å². The lowest BCUT2D eigenvalue weighted by Crippen LogP contribution is -2.58. The van der Waals surface area contributed by atoms with Crippen LogP contribution >= 0.6 is 0 Å². The summed E-state index contributed by atoms with van der Waals surface area (Å²) in [5.41, 5.74) is 0.869. The number of fused-ring (bicyclic) bond motifs is 6. The van der Waals surface area contributed by atoms with E-state index in [1.54, 1.807) is 4.90 Å². The summed E-state index contributed by atoms with van der Waals surface area (Å²) in [6.07, 6.45) is 9.33. The molecule has 4 saturated carbocycles. The molecule has 1 aromatic heterocycles. The lowest BCUT2D eigenvalue weighted by atomic mass is 9.43. The van der Waals surface area contributed by atoms with Gasteiger partial charge in [0.25, 0.3) is 0 Å². The zero-order chi connectivity index (χ0) is 39.2. The van der Waals surface area contributed by atoms with E-state index in [2.05, 4.69) is 41.7 Å². The number of nitro benzene ring substituents is 1. The second-order valence-corrected chi connectivity index (χ2v) is 17.9. The van der Waals surface area contributed by atoms with E-state index < -0.39 is 16.9 Å². The Bertz CT molecular complexity index is 1770. The predicted octanol–water partition coefficient (Wildman–Crippen LogP) is 4.99. The van der Waals surface area contributed by atoms with Crippen LogP contribution in [0.3, 0.4) is 0 Å². The lowest BCUT2D eigenvalue weighted by molar-refractivity contribution is -0.383. The first-order valence-electron chi connectivity index (χ1n) is 20.4. The molecule has 0 radical (unpaired) electrons. The molecule has 7 rings (SSSR count). The molecule has 2 amide bonds. The van der Waals surface area contributed by atoms with Gasteiger partial charge in [-0.25, -0.2) is 9.42 Å². The van der Waals surface area contributed by atoms with Gasteiger partial charge < -0.3 is 30.5 Å². The fraction of sp³-hybridized carbons (Fsp3) is 0.775. The van der Waals surface area contributed by atoms with E-state index in [-0.39, 0.29) is 77.0 Å². The minimum atomic E-state index is -0.761. The molecule has 2 heterocycles. The van der Waals surface area contributed by atoms with Crippen molar-refractivity contribution in [2.24, 2.45) is 46.3 Å². The van der Waals surface area contributed by atoms with Crippen molar-refractivity contribution in [3.05, 3.63) is 22.2 Å². The molecule has 12 atom stereocenters. The van der Waals surface area contributed by atoms with E-state index in [0.29, 0.717) is 67.0 Å². The highest BCUT2D eigenvalue weighted by Crippen LogP contribution is 2.68. The van der Waals surface area contributed by atoms with Crippen LogP contribution in [0.5, 0.6) is 0 Å². The van der Waals surface area contributed by atoms with Crippen LogP contribution in [0.2, 0.25) is 0 Å². The van der Waals surface area contributed by atoms with Gasteiger partial charge in [-0.05, 0) is 127 Å².